The van der Waals surface area contributed by atoms with Gasteiger partial charge in [0.05, 0.1) is 16.5 Å². The van der Waals surface area contributed by atoms with Crippen LogP contribution in [0.5, 0.6) is 0 Å². The Morgan fingerprint density at radius 3 is 2.23 bits per heavy atom. The molecule has 1 aromatic carbocycles. The molecule has 1 aliphatic heterocycles. The van der Waals surface area contributed by atoms with Gasteiger partial charge in [-0.15, -0.1) is 0 Å². The van der Waals surface area contributed by atoms with E-state index in [0.29, 0.717) is 25.7 Å². The zero-order chi connectivity index (χ0) is 23.0. The van der Waals surface area contributed by atoms with Crippen LogP contribution in [-0.2, 0) is 25.7 Å². The number of nitrogens with zero attached hydrogens (tertiary/aromatic N) is 1. The fourth-order valence-electron chi connectivity index (χ4n) is 3.95. The van der Waals surface area contributed by atoms with Crippen LogP contribution < -0.4 is 4.72 Å². The van der Waals surface area contributed by atoms with Gasteiger partial charge in [0.1, 0.15) is 6.61 Å². The molecule has 1 saturated carbocycles. The zero-order valence-electron chi connectivity index (χ0n) is 17.2. The number of amides is 2. The van der Waals surface area contributed by atoms with Crippen LogP contribution in [-0.4, -0.2) is 44.0 Å². The molecular weight excluding hydrogens is 437 g/mol. The SMILES string of the molecule is CC(C)[C@H]1COC(=O)N1C(=O)[C@H]1CC[C@H](NS(=O)(=O)c2ccc(C(F)(F)F)cc2)CC1. The molecule has 0 aromatic heterocycles. The number of alkyl halides is 3. The van der Waals surface area contributed by atoms with Crippen molar-refractivity contribution in [3.63, 3.8) is 0 Å². The van der Waals surface area contributed by atoms with E-state index in [1.54, 1.807) is 0 Å². The maximum Gasteiger partial charge on any atom is 0.416 e. The summed E-state index contributed by atoms with van der Waals surface area (Å²) in [6, 6.07) is 2.55. The highest BCUT2D eigenvalue weighted by atomic mass is 32.2. The molecule has 1 saturated heterocycles. The van der Waals surface area contributed by atoms with E-state index in [4.69, 9.17) is 4.74 Å². The molecule has 1 aromatic rings. The number of carbonyl (C=O) groups is 2. The van der Waals surface area contributed by atoms with Crippen LogP contribution in [0.4, 0.5) is 18.0 Å². The van der Waals surface area contributed by atoms with Crippen LogP contribution in [0.2, 0.25) is 0 Å². The second-order valence-electron chi connectivity index (χ2n) is 8.29. The number of nitrogens with one attached hydrogen (secondary N) is 1. The summed E-state index contributed by atoms with van der Waals surface area (Å²) in [7, 11) is -3.99. The van der Waals surface area contributed by atoms with E-state index in [0.717, 1.165) is 24.3 Å². The van der Waals surface area contributed by atoms with Gasteiger partial charge in [0.15, 0.2) is 0 Å². The average molecular weight is 462 g/mol. The van der Waals surface area contributed by atoms with Crippen molar-refractivity contribution in [3.8, 4) is 0 Å². The Labute approximate surface area is 179 Å². The topological polar surface area (TPSA) is 92.8 Å². The normalized spacial score (nSPS) is 25.0. The Morgan fingerprint density at radius 2 is 1.71 bits per heavy atom. The highest BCUT2D eigenvalue weighted by Gasteiger charge is 2.43. The van der Waals surface area contributed by atoms with Gasteiger partial charge < -0.3 is 4.74 Å². The molecule has 0 bridgehead atoms. The monoisotopic (exact) mass is 462 g/mol. The smallest absolute Gasteiger partial charge is 0.416 e. The number of halogens is 3. The summed E-state index contributed by atoms with van der Waals surface area (Å²) in [6.45, 7) is 3.98. The summed E-state index contributed by atoms with van der Waals surface area (Å²) in [5.74, 6) is -0.647. The lowest BCUT2D eigenvalue weighted by Gasteiger charge is -2.31. The lowest BCUT2D eigenvalue weighted by molar-refractivity contribution is -0.137. The van der Waals surface area contributed by atoms with Crippen molar-refractivity contribution < 1.29 is 35.9 Å². The number of rotatable bonds is 5. The fraction of sp³-hybridized carbons (Fsp3) is 0.600. The van der Waals surface area contributed by atoms with Crippen molar-refractivity contribution in [1.82, 2.24) is 9.62 Å². The van der Waals surface area contributed by atoms with E-state index >= 15 is 0 Å². The lowest BCUT2D eigenvalue weighted by Crippen LogP contribution is -2.47. The molecule has 1 atom stereocenters. The third-order valence-electron chi connectivity index (χ3n) is 5.80. The van der Waals surface area contributed by atoms with Crippen molar-refractivity contribution >= 4 is 22.0 Å². The molecule has 2 fully saturated rings. The number of imide groups is 1. The van der Waals surface area contributed by atoms with Gasteiger partial charge in [0.2, 0.25) is 15.9 Å². The van der Waals surface area contributed by atoms with E-state index in [1.807, 2.05) is 13.8 Å². The van der Waals surface area contributed by atoms with Crippen molar-refractivity contribution in [2.75, 3.05) is 6.61 Å². The summed E-state index contributed by atoms with van der Waals surface area (Å²) in [5.41, 5.74) is -0.925. The Bertz CT molecular complexity index is 923. The summed E-state index contributed by atoms with van der Waals surface area (Å²) in [5, 5.41) is 0. The van der Waals surface area contributed by atoms with E-state index in [9.17, 15) is 31.2 Å². The maximum absolute atomic E-state index is 12.8. The van der Waals surface area contributed by atoms with Gasteiger partial charge in [-0.05, 0) is 55.9 Å². The molecule has 2 aliphatic rings. The number of cyclic esters (lactones) is 1. The molecule has 172 valence electrons. The van der Waals surface area contributed by atoms with Crippen LogP contribution in [0, 0.1) is 11.8 Å². The van der Waals surface area contributed by atoms with Crippen LogP contribution in [0.25, 0.3) is 0 Å². The highest BCUT2D eigenvalue weighted by Crippen LogP contribution is 2.32. The van der Waals surface area contributed by atoms with Gasteiger partial charge in [-0.25, -0.2) is 22.8 Å². The first kappa shape index (κ1) is 23.5. The minimum atomic E-state index is -4.54. The van der Waals surface area contributed by atoms with E-state index in [-0.39, 0.29) is 29.4 Å². The quantitative estimate of drug-likeness (QED) is 0.723. The molecule has 0 unspecified atom stereocenters. The number of sulfonamides is 1. The molecule has 11 heteroatoms. The zero-order valence-corrected chi connectivity index (χ0v) is 18.0. The van der Waals surface area contributed by atoms with Crippen LogP contribution >= 0.6 is 0 Å². The largest absolute Gasteiger partial charge is 0.447 e. The van der Waals surface area contributed by atoms with Gasteiger partial charge >= 0.3 is 12.3 Å². The Morgan fingerprint density at radius 1 is 1.13 bits per heavy atom. The third-order valence-corrected chi connectivity index (χ3v) is 7.34. The molecule has 1 N–H and O–H groups in total. The Balaban J connectivity index is 1.59. The van der Waals surface area contributed by atoms with Gasteiger partial charge in [-0.2, -0.15) is 13.2 Å². The predicted octanol–water partition coefficient (Wildman–Crippen LogP) is 3.55. The van der Waals surface area contributed by atoms with E-state index in [2.05, 4.69) is 4.72 Å². The third kappa shape index (κ3) is 5.20. The molecule has 31 heavy (non-hydrogen) atoms. The fourth-order valence-corrected chi connectivity index (χ4v) is 5.25. The Kier molecular flexibility index (Phi) is 6.66. The van der Waals surface area contributed by atoms with Gasteiger partial charge in [0.25, 0.3) is 0 Å². The molecular formula is C20H25F3N2O5S. The molecule has 7 nitrogen and oxygen atoms in total. The highest BCUT2D eigenvalue weighted by molar-refractivity contribution is 7.89. The molecule has 3 rings (SSSR count). The first-order valence-corrected chi connectivity index (χ1v) is 11.6. The number of hydrogen-bond acceptors (Lipinski definition) is 5. The van der Waals surface area contributed by atoms with E-state index in [1.165, 1.54) is 4.90 Å². The van der Waals surface area contributed by atoms with Crippen molar-refractivity contribution in [2.24, 2.45) is 11.8 Å². The molecule has 1 heterocycles. The van der Waals surface area contributed by atoms with E-state index < -0.39 is 39.8 Å². The first-order valence-electron chi connectivity index (χ1n) is 10.1. The summed E-state index contributed by atoms with van der Waals surface area (Å²) in [4.78, 5) is 25.8. The van der Waals surface area contributed by atoms with Gasteiger partial charge in [-0.3, -0.25) is 4.79 Å². The number of carbonyl (C=O) groups excluding carboxylic acids is 2. The van der Waals surface area contributed by atoms with Gasteiger partial charge in [0, 0.05) is 12.0 Å². The maximum atomic E-state index is 12.8. The lowest BCUT2D eigenvalue weighted by atomic mass is 9.85. The molecule has 2 amide bonds. The predicted molar refractivity (Wildman–Crippen MR) is 104 cm³/mol. The van der Waals surface area contributed by atoms with Crippen molar-refractivity contribution in [2.45, 2.75) is 62.7 Å². The molecule has 1 aliphatic carbocycles. The second kappa shape index (κ2) is 8.78. The second-order valence-corrected chi connectivity index (χ2v) is 10.0. The minimum absolute atomic E-state index is 0.0577. The number of ether oxygens (including phenoxy) is 1. The number of hydrogen-bond donors (Lipinski definition) is 1. The minimum Gasteiger partial charge on any atom is -0.447 e. The van der Waals surface area contributed by atoms with Crippen molar-refractivity contribution in [1.29, 1.82) is 0 Å². The van der Waals surface area contributed by atoms with Crippen LogP contribution in [0.15, 0.2) is 29.2 Å². The summed E-state index contributed by atoms with van der Waals surface area (Å²) < 4.78 is 70.6. The van der Waals surface area contributed by atoms with Gasteiger partial charge in [-0.1, -0.05) is 13.8 Å². The van der Waals surface area contributed by atoms with Crippen molar-refractivity contribution in [3.05, 3.63) is 29.8 Å². The van der Waals surface area contributed by atoms with Crippen LogP contribution in [0.1, 0.15) is 45.1 Å². The standard InChI is InChI=1S/C20H25F3N2O5S/c1-12(2)17-11-30-19(27)25(17)18(26)13-3-7-15(8-4-13)24-31(28,29)16-9-5-14(6-10-16)20(21,22)23/h5-6,9-10,12-13,15,17,24H,3-4,7-8,11H2,1-2H3/t13-,15-,17-/m1/s1. The van der Waals surface area contributed by atoms with Crippen LogP contribution in [0.3, 0.4) is 0 Å². The average Bonchev–Trinajstić information content (AvgIpc) is 3.09. The first-order chi connectivity index (χ1) is 14.4. The molecule has 0 radical (unpaired) electrons. The Hall–Kier alpha value is -2.14. The summed E-state index contributed by atoms with van der Waals surface area (Å²) >= 11 is 0. The molecule has 0 spiro atoms. The number of benzene rings is 1. The summed E-state index contributed by atoms with van der Waals surface area (Å²) in [6.07, 6.45) is -3.64.